The van der Waals surface area contributed by atoms with E-state index in [9.17, 15) is 0 Å². The summed E-state index contributed by atoms with van der Waals surface area (Å²) in [4.78, 5) is 0. The molecule has 0 saturated heterocycles. The molecule has 1 unspecified atom stereocenters. The molecule has 0 rings (SSSR count). The summed E-state index contributed by atoms with van der Waals surface area (Å²) in [6.07, 6.45) is 1.38. The van der Waals surface area contributed by atoms with Crippen molar-refractivity contribution in [2.75, 3.05) is 0 Å². The number of allylic oxidation sites excluding steroid dienone is 1. The smallest absolute Gasteiger partial charge is 0.195 e. The van der Waals surface area contributed by atoms with Crippen LogP contribution in [0.25, 0.3) is 0 Å². The summed E-state index contributed by atoms with van der Waals surface area (Å²) in [6, 6.07) is 1.77. The lowest BCUT2D eigenvalue weighted by Crippen LogP contribution is -2.39. The third kappa shape index (κ3) is 3.36. The van der Waals surface area contributed by atoms with Crippen molar-refractivity contribution in [3.8, 4) is 6.07 Å². The fourth-order valence-electron chi connectivity index (χ4n) is 0.636. The average Bonchev–Trinajstić information content (AvgIpc) is 2.02. The number of hydrogen-bond donors (Lipinski definition) is 0. The molecule has 80 valence electrons. The van der Waals surface area contributed by atoms with Gasteiger partial charge in [-0.2, -0.15) is 5.26 Å². The second kappa shape index (κ2) is 5.14. The van der Waals surface area contributed by atoms with Crippen LogP contribution in [-0.4, -0.2) is 9.71 Å². The molecule has 0 aromatic heterocycles. The second-order valence-corrected chi connectivity index (χ2v) is 6.07. The first kappa shape index (κ1) is 14.7. The molecule has 0 saturated carbocycles. The van der Waals surface area contributed by atoms with E-state index >= 15 is 0 Å². The minimum atomic E-state index is -1.60. The Morgan fingerprint density at radius 3 is 2.07 bits per heavy atom. The molecule has 0 radical (unpaired) electrons. The van der Waals surface area contributed by atoms with Gasteiger partial charge in [-0.25, -0.2) is 0 Å². The zero-order valence-electron chi connectivity index (χ0n) is 7.49. The van der Waals surface area contributed by atoms with E-state index in [1.807, 2.05) is 0 Å². The van der Waals surface area contributed by atoms with Gasteiger partial charge in [-0.15, -0.1) is 11.6 Å². The molecule has 0 aromatic carbocycles. The Balaban J connectivity index is 4.99. The van der Waals surface area contributed by atoms with Crippen LogP contribution in [0.5, 0.6) is 0 Å². The molecule has 0 fully saturated rings. The van der Waals surface area contributed by atoms with Gasteiger partial charge in [0.15, 0.2) is 0 Å². The van der Waals surface area contributed by atoms with Crippen LogP contribution in [0.2, 0.25) is 0 Å². The van der Waals surface area contributed by atoms with Crippen molar-refractivity contribution in [1.29, 1.82) is 5.26 Å². The zero-order valence-corrected chi connectivity index (χ0v) is 11.3. The van der Waals surface area contributed by atoms with E-state index in [4.69, 9.17) is 63.3 Å². The van der Waals surface area contributed by atoms with Gasteiger partial charge in [-0.05, 0) is 6.08 Å². The Hall–Kier alpha value is 0.680. The first-order valence-corrected chi connectivity index (χ1v) is 5.56. The summed E-state index contributed by atoms with van der Waals surface area (Å²) in [7, 11) is 0. The highest BCUT2D eigenvalue weighted by molar-refractivity contribution is 6.56. The Kier molecular flexibility index (Phi) is 5.39. The summed E-state index contributed by atoms with van der Waals surface area (Å²) in [5.74, 6) is 0. The van der Waals surface area contributed by atoms with Crippen molar-refractivity contribution >= 4 is 58.0 Å². The lowest BCUT2D eigenvalue weighted by Gasteiger charge is -2.34. The van der Waals surface area contributed by atoms with Crippen LogP contribution in [0.1, 0.15) is 13.8 Å². The molecule has 0 aliphatic rings. The van der Waals surface area contributed by atoms with Crippen molar-refractivity contribution in [2.45, 2.75) is 23.6 Å². The lowest BCUT2D eigenvalue weighted by molar-refractivity contribution is 0.367. The van der Waals surface area contributed by atoms with Crippen LogP contribution in [0, 0.1) is 16.7 Å². The molecule has 0 spiro atoms. The van der Waals surface area contributed by atoms with Gasteiger partial charge in [0.1, 0.15) is 10.6 Å². The Morgan fingerprint density at radius 2 is 1.79 bits per heavy atom. The van der Waals surface area contributed by atoms with E-state index in [0.29, 0.717) is 0 Å². The summed E-state index contributed by atoms with van der Waals surface area (Å²) >= 11 is 28.4. The zero-order chi connectivity index (χ0) is 11.6. The van der Waals surface area contributed by atoms with Gasteiger partial charge in [-0.1, -0.05) is 60.3 Å². The highest BCUT2D eigenvalue weighted by atomic mass is 35.5. The number of halogens is 5. The summed E-state index contributed by atoms with van der Waals surface area (Å²) in [5, 5.41) is 8.12. The van der Waals surface area contributed by atoms with Crippen LogP contribution < -0.4 is 0 Å². The van der Waals surface area contributed by atoms with Gasteiger partial charge < -0.3 is 0 Å². The third-order valence-corrected chi connectivity index (χ3v) is 3.98. The monoisotopic (exact) mass is 293 g/mol. The van der Waals surface area contributed by atoms with Gasteiger partial charge in [0.25, 0.3) is 0 Å². The molecule has 0 bridgehead atoms. The van der Waals surface area contributed by atoms with E-state index in [0.717, 1.165) is 0 Å². The third-order valence-electron chi connectivity index (χ3n) is 1.91. The van der Waals surface area contributed by atoms with E-state index in [1.54, 1.807) is 19.9 Å². The van der Waals surface area contributed by atoms with Crippen molar-refractivity contribution in [1.82, 2.24) is 0 Å². The topological polar surface area (TPSA) is 23.8 Å². The maximum absolute atomic E-state index is 8.75. The molecular formula is C8H8Cl5N. The van der Waals surface area contributed by atoms with Gasteiger partial charge in [-0.3, -0.25) is 0 Å². The number of rotatable bonds is 3. The van der Waals surface area contributed by atoms with Crippen LogP contribution in [0.15, 0.2) is 10.6 Å². The van der Waals surface area contributed by atoms with Crippen molar-refractivity contribution in [3.63, 3.8) is 0 Å². The van der Waals surface area contributed by atoms with Gasteiger partial charge in [0.2, 0.25) is 4.33 Å². The SMILES string of the molecule is CC(C)(C(Cl)C=C(Cl)Cl)C(Cl)(Cl)C#N. The first-order valence-electron chi connectivity index (χ1n) is 3.61. The van der Waals surface area contributed by atoms with Crippen LogP contribution in [0.3, 0.4) is 0 Å². The predicted octanol–water partition coefficient (Wildman–Crippen LogP) is 4.64. The van der Waals surface area contributed by atoms with Crippen LogP contribution in [-0.2, 0) is 0 Å². The molecule has 0 heterocycles. The molecule has 0 aliphatic heterocycles. The van der Waals surface area contributed by atoms with Gasteiger partial charge in [0, 0.05) is 5.41 Å². The Morgan fingerprint density at radius 1 is 1.36 bits per heavy atom. The van der Waals surface area contributed by atoms with E-state index in [-0.39, 0.29) is 4.49 Å². The van der Waals surface area contributed by atoms with E-state index in [1.165, 1.54) is 6.08 Å². The van der Waals surface area contributed by atoms with Gasteiger partial charge >= 0.3 is 0 Å². The molecular weight excluding hydrogens is 287 g/mol. The highest BCUT2D eigenvalue weighted by Gasteiger charge is 2.46. The van der Waals surface area contributed by atoms with Crippen molar-refractivity contribution in [2.24, 2.45) is 5.41 Å². The molecule has 0 amide bonds. The summed E-state index contributed by atoms with van der Waals surface area (Å²) in [5.41, 5.74) is -0.874. The van der Waals surface area contributed by atoms with Crippen molar-refractivity contribution in [3.05, 3.63) is 10.6 Å². The molecule has 1 nitrogen and oxygen atoms in total. The lowest BCUT2D eigenvalue weighted by atomic mass is 9.85. The molecule has 0 N–H and O–H groups in total. The number of alkyl halides is 3. The van der Waals surface area contributed by atoms with Gasteiger partial charge in [0.05, 0.1) is 5.38 Å². The second-order valence-electron chi connectivity index (χ2n) is 3.27. The van der Waals surface area contributed by atoms with E-state index in [2.05, 4.69) is 0 Å². The maximum atomic E-state index is 8.75. The average molecular weight is 295 g/mol. The molecule has 0 aromatic rings. The quantitative estimate of drug-likeness (QED) is 0.696. The fourth-order valence-corrected chi connectivity index (χ4v) is 1.65. The van der Waals surface area contributed by atoms with Crippen LogP contribution in [0.4, 0.5) is 0 Å². The summed E-state index contributed by atoms with van der Waals surface area (Å²) in [6.45, 7) is 3.31. The number of nitrogens with zero attached hydrogens (tertiary/aromatic N) is 1. The first-order chi connectivity index (χ1) is 6.15. The number of nitriles is 1. The largest absolute Gasteiger partial charge is 0.209 e. The number of hydrogen-bond acceptors (Lipinski definition) is 1. The molecule has 1 atom stereocenters. The normalized spacial score (nSPS) is 14.4. The molecule has 6 heteroatoms. The molecule has 14 heavy (non-hydrogen) atoms. The predicted molar refractivity (Wildman–Crippen MR) is 63.3 cm³/mol. The highest BCUT2D eigenvalue weighted by Crippen LogP contribution is 2.45. The summed E-state index contributed by atoms with van der Waals surface area (Å²) < 4.78 is -1.58. The van der Waals surface area contributed by atoms with Crippen molar-refractivity contribution < 1.29 is 0 Å². The minimum Gasteiger partial charge on any atom is -0.195 e. The molecule has 0 aliphatic carbocycles. The maximum Gasteiger partial charge on any atom is 0.209 e. The van der Waals surface area contributed by atoms with Crippen LogP contribution >= 0.6 is 58.0 Å². The Bertz CT molecular complexity index is 272. The Labute approximate surface area is 109 Å². The standard InChI is InChI=1S/C8H8Cl5N/c1-7(2,8(12,13)4-14)5(9)3-6(10)11/h3,5H,1-2H3. The van der Waals surface area contributed by atoms with E-state index < -0.39 is 15.1 Å². The minimum absolute atomic E-state index is 0.0140. The fraction of sp³-hybridized carbons (Fsp3) is 0.625.